The summed E-state index contributed by atoms with van der Waals surface area (Å²) >= 11 is 0. The predicted molar refractivity (Wildman–Crippen MR) is 63.0 cm³/mol. The fourth-order valence-electron chi connectivity index (χ4n) is 1.66. The lowest BCUT2D eigenvalue weighted by Crippen LogP contribution is -2.18. The first-order valence-electron chi connectivity index (χ1n) is 5.55. The van der Waals surface area contributed by atoms with Crippen molar-refractivity contribution in [1.29, 1.82) is 0 Å². The summed E-state index contributed by atoms with van der Waals surface area (Å²) in [7, 11) is 0. The van der Waals surface area contributed by atoms with Crippen LogP contribution in [-0.2, 0) is 9.53 Å². The van der Waals surface area contributed by atoms with Crippen LogP contribution < -0.4 is 5.32 Å². The number of benzene rings is 1. The summed E-state index contributed by atoms with van der Waals surface area (Å²) in [6.45, 7) is 2.43. The van der Waals surface area contributed by atoms with Crippen molar-refractivity contribution < 1.29 is 13.9 Å². The Labute approximate surface area is 99.3 Å². The van der Waals surface area contributed by atoms with Gasteiger partial charge in [-0.25, -0.2) is 4.39 Å². The highest BCUT2D eigenvalue weighted by molar-refractivity contribution is 6.03. The van der Waals surface area contributed by atoms with E-state index in [2.05, 4.69) is 5.32 Å². The number of carbonyl (C=O) groups is 1. The molecule has 0 unspecified atom stereocenters. The zero-order chi connectivity index (χ0) is 12.3. The minimum Gasteiger partial charge on any atom is -0.501 e. The second-order valence-electron chi connectivity index (χ2n) is 4.05. The van der Waals surface area contributed by atoms with E-state index in [9.17, 15) is 9.18 Å². The zero-order valence-electron chi connectivity index (χ0n) is 9.63. The van der Waals surface area contributed by atoms with E-state index in [0.29, 0.717) is 18.6 Å². The molecule has 1 aromatic carbocycles. The molecule has 0 fully saturated rings. The van der Waals surface area contributed by atoms with Crippen LogP contribution in [0.3, 0.4) is 0 Å². The highest BCUT2D eigenvalue weighted by atomic mass is 19.1. The van der Waals surface area contributed by atoms with Gasteiger partial charge in [0.2, 0.25) is 0 Å². The second-order valence-corrected chi connectivity index (χ2v) is 4.05. The number of hydrogen-bond acceptors (Lipinski definition) is 2. The van der Waals surface area contributed by atoms with Crippen molar-refractivity contribution in [3.05, 3.63) is 41.4 Å². The monoisotopic (exact) mass is 235 g/mol. The predicted octanol–water partition coefficient (Wildman–Crippen LogP) is 2.77. The van der Waals surface area contributed by atoms with Crippen molar-refractivity contribution in [2.45, 2.75) is 19.8 Å². The van der Waals surface area contributed by atoms with Crippen LogP contribution in [0, 0.1) is 12.7 Å². The maximum absolute atomic E-state index is 13.5. The highest BCUT2D eigenvalue weighted by Gasteiger charge is 2.14. The maximum Gasteiger partial charge on any atom is 0.254 e. The fraction of sp³-hybridized carbons (Fsp3) is 0.308. The molecule has 1 aliphatic rings. The fourth-order valence-corrected chi connectivity index (χ4v) is 1.66. The molecule has 0 bridgehead atoms. The van der Waals surface area contributed by atoms with Gasteiger partial charge in [-0.2, -0.15) is 0 Å². The normalized spacial score (nSPS) is 14.8. The minimum absolute atomic E-state index is 0.201. The van der Waals surface area contributed by atoms with Crippen LogP contribution in [0.2, 0.25) is 0 Å². The standard InChI is InChI=1S/C13H14FNO2/c1-9-4-5-12(11(14)7-9)15-13(16)10-3-2-6-17-8-10/h4-5,7-8H,2-3,6H2,1H3,(H,15,16). The summed E-state index contributed by atoms with van der Waals surface area (Å²) in [5, 5.41) is 2.54. The van der Waals surface area contributed by atoms with Crippen molar-refractivity contribution in [3.63, 3.8) is 0 Å². The number of amides is 1. The lowest BCUT2D eigenvalue weighted by molar-refractivity contribution is -0.113. The molecule has 2 rings (SSSR count). The number of aryl methyl sites for hydroxylation is 1. The van der Waals surface area contributed by atoms with Gasteiger partial charge in [-0.1, -0.05) is 6.07 Å². The van der Waals surface area contributed by atoms with Crippen LogP contribution in [0.25, 0.3) is 0 Å². The molecule has 4 heteroatoms. The van der Waals surface area contributed by atoms with Crippen molar-refractivity contribution in [2.24, 2.45) is 0 Å². The quantitative estimate of drug-likeness (QED) is 0.856. The molecule has 0 saturated heterocycles. The largest absolute Gasteiger partial charge is 0.501 e. The van der Waals surface area contributed by atoms with Gasteiger partial charge >= 0.3 is 0 Å². The van der Waals surface area contributed by atoms with Crippen LogP contribution >= 0.6 is 0 Å². The summed E-state index contributed by atoms with van der Waals surface area (Å²) < 4.78 is 18.6. The average Bonchev–Trinajstić information content (AvgIpc) is 2.34. The van der Waals surface area contributed by atoms with E-state index in [4.69, 9.17) is 4.74 Å². The summed E-state index contributed by atoms with van der Waals surface area (Å²) in [5.41, 5.74) is 1.57. The first-order chi connectivity index (χ1) is 8.16. The van der Waals surface area contributed by atoms with Gasteiger partial charge in [-0.15, -0.1) is 0 Å². The van der Waals surface area contributed by atoms with E-state index in [1.807, 2.05) is 0 Å². The summed E-state index contributed by atoms with van der Waals surface area (Å²) in [5.74, 6) is -0.719. The van der Waals surface area contributed by atoms with Crippen molar-refractivity contribution in [3.8, 4) is 0 Å². The van der Waals surface area contributed by atoms with E-state index < -0.39 is 5.82 Å². The molecule has 0 radical (unpaired) electrons. The van der Waals surface area contributed by atoms with Crippen molar-refractivity contribution in [1.82, 2.24) is 0 Å². The highest BCUT2D eigenvalue weighted by Crippen LogP contribution is 2.18. The molecule has 1 heterocycles. The topological polar surface area (TPSA) is 38.3 Å². The molecule has 0 aliphatic carbocycles. The third kappa shape index (κ3) is 2.84. The Morgan fingerprint density at radius 1 is 1.47 bits per heavy atom. The molecule has 1 aromatic rings. The first-order valence-corrected chi connectivity index (χ1v) is 5.55. The summed E-state index contributed by atoms with van der Waals surface area (Å²) in [6.07, 6.45) is 2.93. The Morgan fingerprint density at radius 3 is 2.94 bits per heavy atom. The third-order valence-electron chi connectivity index (χ3n) is 2.60. The van der Waals surface area contributed by atoms with E-state index in [-0.39, 0.29) is 11.6 Å². The number of nitrogens with one attached hydrogen (secondary N) is 1. The average molecular weight is 235 g/mol. The zero-order valence-corrected chi connectivity index (χ0v) is 9.63. The maximum atomic E-state index is 13.5. The van der Waals surface area contributed by atoms with E-state index in [0.717, 1.165) is 12.0 Å². The molecule has 0 atom stereocenters. The van der Waals surface area contributed by atoms with Crippen LogP contribution in [-0.4, -0.2) is 12.5 Å². The smallest absolute Gasteiger partial charge is 0.254 e. The number of anilines is 1. The van der Waals surface area contributed by atoms with Gasteiger partial charge in [-0.05, 0) is 37.5 Å². The number of hydrogen-bond donors (Lipinski definition) is 1. The molecular formula is C13H14FNO2. The molecule has 17 heavy (non-hydrogen) atoms. The van der Waals surface area contributed by atoms with Gasteiger partial charge in [0.15, 0.2) is 0 Å². The minimum atomic E-state index is -0.421. The SMILES string of the molecule is Cc1ccc(NC(=O)C2=COCCC2)c(F)c1. The molecule has 90 valence electrons. The van der Waals surface area contributed by atoms with Gasteiger partial charge in [0.1, 0.15) is 5.82 Å². The Kier molecular flexibility index (Phi) is 3.42. The molecule has 1 aliphatic heterocycles. The number of ether oxygens (including phenoxy) is 1. The van der Waals surface area contributed by atoms with Gasteiger partial charge in [0, 0.05) is 0 Å². The molecule has 0 spiro atoms. The van der Waals surface area contributed by atoms with Gasteiger partial charge in [0.25, 0.3) is 5.91 Å². The van der Waals surface area contributed by atoms with Crippen LogP contribution in [0.4, 0.5) is 10.1 Å². The summed E-state index contributed by atoms with van der Waals surface area (Å²) in [6, 6.07) is 4.71. The summed E-state index contributed by atoms with van der Waals surface area (Å²) in [4.78, 5) is 11.8. The van der Waals surface area contributed by atoms with Gasteiger partial charge in [0.05, 0.1) is 24.1 Å². The van der Waals surface area contributed by atoms with Crippen molar-refractivity contribution in [2.75, 3.05) is 11.9 Å². The molecule has 0 saturated carbocycles. The van der Waals surface area contributed by atoms with Crippen LogP contribution in [0.15, 0.2) is 30.0 Å². The van der Waals surface area contributed by atoms with Gasteiger partial charge < -0.3 is 10.1 Å². The lowest BCUT2D eigenvalue weighted by Gasteiger charge is -2.13. The molecule has 1 N–H and O–H groups in total. The third-order valence-corrected chi connectivity index (χ3v) is 2.60. The van der Waals surface area contributed by atoms with E-state index >= 15 is 0 Å². The lowest BCUT2D eigenvalue weighted by atomic mass is 10.1. The molecular weight excluding hydrogens is 221 g/mol. The number of halogens is 1. The van der Waals surface area contributed by atoms with E-state index in [1.54, 1.807) is 19.1 Å². The first kappa shape index (κ1) is 11.6. The Hall–Kier alpha value is -1.84. The Morgan fingerprint density at radius 2 is 2.29 bits per heavy atom. The number of rotatable bonds is 2. The number of carbonyl (C=O) groups excluding carboxylic acids is 1. The van der Waals surface area contributed by atoms with E-state index in [1.165, 1.54) is 12.3 Å². The Balaban J connectivity index is 2.10. The van der Waals surface area contributed by atoms with Crippen molar-refractivity contribution >= 4 is 11.6 Å². The van der Waals surface area contributed by atoms with Crippen LogP contribution in [0.1, 0.15) is 18.4 Å². The van der Waals surface area contributed by atoms with Crippen LogP contribution in [0.5, 0.6) is 0 Å². The second kappa shape index (κ2) is 4.99. The molecule has 3 nitrogen and oxygen atoms in total. The Bertz CT molecular complexity index is 468. The molecule has 0 aromatic heterocycles. The van der Waals surface area contributed by atoms with Gasteiger partial charge in [-0.3, -0.25) is 4.79 Å². The molecule has 1 amide bonds.